The minimum absolute atomic E-state index is 0.477. The summed E-state index contributed by atoms with van der Waals surface area (Å²) in [6.07, 6.45) is 3.12. The van der Waals surface area contributed by atoms with Crippen molar-refractivity contribution < 1.29 is 4.74 Å². The maximum Gasteiger partial charge on any atom is 0.0745 e. The van der Waals surface area contributed by atoms with Gasteiger partial charge in [-0.3, -0.25) is 4.90 Å². The molecule has 0 amide bonds. The molecule has 2 bridgehead atoms. The minimum atomic E-state index is 0.477. The smallest absolute Gasteiger partial charge is 0.0745 e. The Hall–Kier alpha value is 0.230. The quantitative estimate of drug-likeness (QED) is 0.699. The van der Waals surface area contributed by atoms with Gasteiger partial charge in [0, 0.05) is 30.6 Å². The molecule has 0 saturated carbocycles. The van der Waals surface area contributed by atoms with E-state index in [2.05, 4.69) is 35.7 Å². The van der Waals surface area contributed by atoms with Crippen LogP contribution in [0.1, 0.15) is 12.8 Å². The summed E-state index contributed by atoms with van der Waals surface area (Å²) in [7, 11) is 4.59. The second-order valence-electron chi connectivity index (χ2n) is 5.87. The molecule has 4 rings (SSSR count). The Balaban J connectivity index is 1.79. The highest BCUT2D eigenvalue weighted by Crippen LogP contribution is 2.33. The van der Waals surface area contributed by atoms with Crippen LogP contribution in [0.25, 0.3) is 0 Å². The monoisotopic (exact) mass is 256 g/mol. The first kappa shape index (κ1) is 12.3. The van der Waals surface area contributed by atoms with Crippen LogP contribution in [0.4, 0.5) is 0 Å². The minimum Gasteiger partial charge on any atom is -0.376 e. The zero-order valence-electron chi connectivity index (χ0n) is 11.0. The van der Waals surface area contributed by atoms with E-state index in [1.54, 1.807) is 0 Å². The number of likely N-dealkylation sites (N-methyl/N-ethyl adjacent to an activating group) is 2. The first-order valence-corrected chi connectivity index (χ1v) is 8.01. The molecule has 17 heavy (non-hydrogen) atoms. The van der Waals surface area contributed by atoms with Crippen LogP contribution in [0.3, 0.4) is 0 Å². The number of rotatable bonds is 1. The van der Waals surface area contributed by atoms with Crippen molar-refractivity contribution in [3.8, 4) is 0 Å². The Morgan fingerprint density at radius 2 is 2.06 bits per heavy atom. The third kappa shape index (κ3) is 2.37. The molecule has 4 atom stereocenters. The van der Waals surface area contributed by atoms with Crippen LogP contribution in [-0.2, 0) is 4.74 Å². The molecule has 0 aromatic rings. The SMILES string of the molecule is CN1CCSCC1C1C2CCC(CO2)CN1C. The molecule has 4 aliphatic rings. The van der Waals surface area contributed by atoms with Crippen molar-refractivity contribution in [2.24, 2.45) is 5.92 Å². The van der Waals surface area contributed by atoms with Gasteiger partial charge in [0.25, 0.3) is 0 Å². The first-order valence-electron chi connectivity index (χ1n) is 6.85. The summed E-state index contributed by atoms with van der Waals surface area (Å²) in [5, 5.41) is 0. The molecular weight excluding hydrogens is 232 g/mol. The summed E-state index contributed by atoms with van der Waals surface area (Å²) >= 11 is 2.11. The van der Waals surface area contributed by atoms with Crippen LogP contribution in [0, 0.1) is 5.92 Å². The van der Waals surface area contributed by atoms with Gasteiger partial charge in [0.05, 0.1) is 18.8 Å². The predicted molar refractivity (Wildman–Crippen MR) is 72.6 cm³/mol. The summed E-state index contributed by atoms with van der Waals surface area (Å²) in [5.74, 6) is 3.34. The van der Waals surface area contributed by atoms with Gasteiger partial charge >= 0.3 is 0 Å². The molecule has 3 nitrogen and oxygen atoms in total. The van der Waals surface area contributed by atoms with E-state index in [0.717, 1.165) is 12.5 Å². The average Bonchev–Trinajstić information content (AvgIpc) is 2.57. The highest BCUT2D eigenvalue weighted by atomic mass is 32.2. The van der Waals surface area contributed by atoms with Crippen LogP contribution in [0.15, 0.2) is 0 Å². The third-order valence-corrected chi connectivity index (χ3v) is 5.73. The fourth-order valence-electron chi connectivity index (χ4n) is 3.66. The second kappa shape index (κ2) is 5.08. The summed E-state index contributed by atoms with van der Waals surface area (Å²) in [6.45, 7) is 3.46. The summed E-state index contributed by atoms with van der Waals surface area (Å²) in [5.41, 5.74) is 0. The third-order valence-electron chi connectivity index (χ3n) is 4.68. The van der Waals surface area contributed by atoms with Crippen molar-refractivity contribution in [1.29, 1.82) is 0 Å². The Morgan fingerprint density at radius 3 is 2.76 bits per heavy atom. The largest absolute Gasteiger partial charge is 0.376 e. The van der Waals surface area contributed by atoms with E-state index >= 15 is 0 Å². The van der Waals surface area contributed by atoms with E-state index < -0.39 is 0 Å². The molecule has 0 radical (unpaired) electrons. The first-order chi connectivity index (χ1) is 8.25. The summed E-state index contributed by atoms with van der Waals surface area (Å²) in [6, 6.07) is 1.29. The molecule has 4 heterocycles. The second-order valence-corrected chi connectivity index (χ2v) is 7.02. The van der Waals surface area contributed by atoms with Gasteiger partial charge in [0.1, 0.15) is 0 Å². The van der Waals surface area contributed by atoms with Gasteiger partial charge in [-0.1, -0.05) is 0 Å². The molecule has 4 unspecified atom stereocenters. The molecule has 0 aliphatic carbocycles. The van der Waals surface area contributed by atoms with E-state index in [4.69, 9.17) is 4.74 Å². The Kier molecular flexibility index (Phi) is 3.67. The summed E-state index contributed by atoms with van der Waals surface area (Å²) < 4.78 is 6.11. The van der Waals surface area contributed by atoms with Gasteiger partial charge in [-0.05, 0) is 32.9 Å². The normalized spacial score (nSPS) is 44.8. The predicted octanol–water partition coefficient (Wildman–Crippen LogP) is 1.14. The fourth-order valence-corrected chi connectivity index (χ4v) is 4.94. The molecule has 0 aromatic carbocycles. The molecule has 0 N–H and O–H groups in total. The standard InChI is InChI=1S/C13H24N2OS/c1-14-5-6-17-9-11(14)13-12-4-3-10(8-16-12)7-15(13)2/h10-13H,3-9H2,1-2H3. The van der Waals surface area contributed by atoms with E-state index in [1.807, 2.05) is 0 Å². The molecule has 98 valence electrons. The lowest BCUT2D eigenvalue weighted by atomic mass is 9.95. The number of fused-ring (bicyclic) bond motifs is 4. The van der Waals surface area contributed by atoms with Crippen LogP contribution in [0.5, 0.6) is 0 Å². The van der Waals surface area contributed by atoms with Crippen LogP contribution in [-0.4, -0.2) is 73.3 Å². The van der Waals surface area contributed by atoms with Crippen LogP contribution >= 0.6 is 11.8 Å². The molecule has 4 saturated heterocycles. The molecule has 0 aromatic heterocycles. The van der Waals surface area contributed by atoms with Gasteiger partial charge < -0.3 is 9.64 Å². The number of thioether (sulfide) groups is 1. The van der Waals surface area contributed by atoms with Gasteiger partial charge in [0.15, 0.2) is 0 Å². The number of nitrogens with zero attached hydrogens (tertiary/aromatic N) is 2. The Morgan fingerprint density at radius 1 is 1.18 bits per heavy atom. The molecule has 4 heteroatoms. The number of hydrogen-bond donors (Lipinski definition) is 0. The van der Waals surface area contributed by atoms with Gasteiger partial charge in [-0.15, -0.1) is 0 Å². The summed E-state index contributed by atoms with van der Waals surface area (Å²) in [4.78, 5) is 5.14. The van der Waals surface area contributed by atoms with Crippen LogP contribution < -0.4 is 0 Å². The van der Waals surface area contributed by atoms with Gasteiger partial charge in [-0.2, -0.15) is 11.8 Å². The van der Waals surface area contributed by atoms with Crippen molar-refractivity contribution >= 4 is 11.8 Å². The van der Waals surface area contributed by atoms with E-state index in [9.17, 15) is 0 Å². The van der Waals surface area contributed by atoms with E-state index in [0.29, 0.717) is 18.2 Å². The zero-order valence-corrected chi connectivity index (χ0v) is 11.8. The fraction of sp³-hybridized carbons (Fsp3) is 1.00. The molecule has 0 spiro atoms. The molecule has 4 fully saturated rings. The van der Waals surface area contributed by atoms with Crippen molar-refractivity contribution in [2.75, 3.05) is 45.3 Å². The Labute approximate surface area is 109 Å². The lowest BCUT2D eigenvalue weighted by Gasteiger charge is -2.43. The molecule has 4 aliphatic heterocycles. The van der Waals surface area contributed by atoms with Crippen molar-refractivity contribution in [1.82, 2.24) is 9.80 Å². The highest BCUT2D eigenvalue weighted by Gasteiger charge is 2.42. The van der Waals surface area contributed by atoms with Gasteiger partial charge in [-0.25, -0.2) is 0 Å². The number of ether oxygens (including phenoxy) is 1. The van der Waals surface area contributed by atoms with E-state index in [1.165, 1.54) is 37.4 Å². The topological polar surface area (TPSA) is 15.7 Å². The maximum atomic E-state index is 6.11. The van der Waals surface area contributed by atoms with Crippen molar-refractivity contribution in [3.05, 3.63) is 0 Å². The van der Waals surface area contributed by atoms with Crippen molar-refractivity contribution in [2.45, 2.75) is 31.0 Å². The lowest BCUT2D eigenvalue weighted by molar-refractivity contribution is -0.0352. The number of hydrogen-bond acceptors (Lipinski definition) is 4. The van der Waals surface area contributed by atoms with Crippen molar-refractivity contribution in [3.63, 3.8) is 0 Å². The van der Waals surface area contributed by atoms with Gasteiger partial charge in [0.2, 0.25) is 0 Å². The Bertz CT molecular complexity index is 268. The molecular formula is C13H24N2OS. The van der Waals surface area contributed by atoms with Crippen LogP contribution in [0.2, 0.25) is 0 Å². The highest BCUT2D eigenvalue weighted by molar-refractivity contribution is 7.99. The lowest BCUT2D eigenvalue weighted by Crippen LogP contribution is -2.57. The average molecular weight is 256 g/mol. The zero-order chi connectivity index (χ0) is 11.8. The maximum absolute atomic E-state index is 6.11. The van der Waals surface area contributed by atoms with E-state index in [-0.39, 0.29) is 0 Å².